The smallest absolute Gasteiger partial charge is 0.107 e. The zero-order valence-electron chi connectivity index (χ0n) is 11.9. The molecule has 0 aliphatic heterocycles. The fraction of sp³-hybridized carbons (Fsp3) is 0.733. The van der Waals surface area contributed by atoms with Gasteiger partial charge in [0.2, 0.25) is 0 Å². The number of hydrogen-bond donors (Lipinski definition) is 1. The number of rotatable bonds is 4. The van der Waals surface area contributed by atoms with Gasteiger partial charge in [-0.1, -0.05) is 45.2 Å². The van der Waals surface area contributed by atoms with Gasteiger partial charge in [-0.15, -0.1) is 11.3 Å². The third-order valence-electron chi connectivity index (χ3n) is 4.39. The second kappa shape index (κ2) is 6.46. The first-order valence-corrected chi connectivity index (χ1v) is 9.12. The molecule has 108 valence electrons. The SMILES string of the molecule is CCNC(c1cc(Br)c(Cl)s1)C1CCCCC1(C)C. The Morgan fingerprint density at radius 2 is 2.26 bits per heavy atom. The first kappa shape index (κ1) is 15.8. The van der Waals surface area contributed by atoms with Crippen molar-refractivity contribution >= 4 is 38.9 Å². The highest BCUT2D eigenvalue weighted by atomic mass is 79.9. The molecule has 1 fully saturated rings. The van der Waals surface area contributed by atoms with Crippen molar-refractivity contribution in [1.82, 2.24) is 5.32 Å². The van der Waals surface area contributed by atoms with E-state index in [2.05, 4.69) is 48.1 Å². The van der Waals surface area contributed by atoms with E-state index >= 15 is 0 Å². The second-order valence-corrected chi connectivity index (χ2v) is 8.69. The van der Waals surface area contributed by atoms with Crippen molar-refractivity contribution in [1.29, 1.82) is 0 Å². The Morgan fingerprint density at radius 1 is 1.53 bits per heavy atom. The molecule has 1 aliphatic carbocycles. The Morgan fingerprint density at radius 3 is 2.79 bits per heavy atom. The van der Waals surface area contributed by atoms with E-state index in [9.17, 15) is 0 Å². The molecule has 0 radical (unpaired) electrons. The van der Waals surface area contributed by atoms with E-state index in [-0.39, 0.29) is 0 Å². The Bertz CT molecular complexity index is 410. The molecule has 0 amide bonds. The maximum atomic E-state index is 6.23. The molecule has 0 saturated heterocycles. The van der Waals surface area contributed by atoms with Crippen LogP contribution in [0.5, 0.6) is 0 Å². The van der Waals surface area contributed by atoms with E-state index in [1.54, 1.807) is 11.3 Å². The van der Waals surface area contributed by atoms with Gasteiger partial charge in [0.05, 0.1) is 0 Å². The van der Waals surface area contributed by atoms with Crippen molar-refractivity contribution in [2.75, 3.05) is 6.54 Å². The fourth-order valence-electron chi connectivity index (χ4n) is 3.32. The predicted molar refractivity (Wildman–Crippen MR) is 89.2 cm³/mol. The first-order chi connectivity index (χ1) is 8.95. The average Bonchev–Trinajstić information content (AvgIpc) is 2.67. The van der Waals surface area contributed by atoms with Crippen LogP contribution in [0.15, 0.2) is 10.5 Å². The van der Waals surface area contributed by atoms with Crippen molar-refractivity contribution in [2.24, 2.45) is 11.3 Å². The lowest BCUT2D eigenvalue weighted by Gasteiger charge is -2.43. The standard InChI is InChI=1S/C15H23BrClNS/c1-4-18-13(12-9-11(16)14(17)19-12)10-7-5-6-8-15(10,2)3/h9-10,13,18H,4-8H2,1-3H3. The highest BCUT2D eigenvalue weighted by molar-refractivity contribution is 9.10. The van der Waals surface area contributed by atoms with Gasteiger partial charge in [-0.05, 0) is 52.7 Å². The zero-order chi connectivity index (χ0) is 14.0. The maximum absolute atomic E-state index is 6.23. The molecule has 1 nitrogen and oxygen atoms in total. The number of halogens is 2. The molecular weight excluding hydrogens is 342 g/mol. The van der Waals surface area contributed by atoms with Gasteiger partial charge in [-0.25, -0.2) is 0 Å². The Balaban J connectivity index is 2.28. The number of thiophene rings is 1. The summed E-state index contributed by atoms with van der Waals surface area (Å²) in [4.78, 5) is 1.37. The minimum atomic E-state index is 0.411. The second-order valence-electron chi connectivity index (χ2n) is 6.15. The minimum absolute atomic E-state index is 0.411. The first-order valence-electron chi connectivity index (χ1n) is 7.14. The van der Waals surface area contributed by atoms with E-state index in [4.69, 9.17) is 11.6 Å². The minimum Gasteiger partial charge on any atom is -0.309 e. The molecule has 1 N–H and O–H groups in total. The monoisotopic (exact) mass is 363 g/mol. The van der Waals surface area contributed by atoms with Gasteiger partial charge in [0.25, 0.3) is 0 Å². The third-order valence-corrected chi connectivity index (χ3v) is 6.94. The van der Waals surface area contributed by atoms with E-state index in [1.807, 2.05) is 0 Å². The van der Waals surface area contributed by atoms with Gasteiger partial charge in [0.15, 0.2) is 0 Å². The molecule has 1 saturated carbocycles. The lowest BCUT2D eigenvalue weighted by atomic mass is 9.65. The topological polar surface area (TPSA) is 12.0 Å². The van der Waals surface area contributed by atoms with Gasteiger partial charge in [-0.2, -0.15) is 0 Å². The highest BCUT2D eigenvalue weighted by Crippen LogP contribution is 2.49. The fourth-order valence-corrected chi connectivity index (χ4v) is 5.19. The van der Waals surface area contributed by atoms with Crippen LogP contribution in [0.2, 0.25) is 4.34 Å². The number of nitrogens with one attached hydrogen (secondary N) is 1. The van der Waals surface area contributed by atoms with Gasteiger partial charge < -0.3 is 5.32 Å². The highest BCUT2D eigenvalue weighted by Gasteiger charge is 2.38. The molecule has 1 aromatic rings. The van der Waals surface area contributed by atoms with Crippen molar-refractivity contribution in [2.45, 2.75) is 52.5 Å². The van der Waals surface area contributed by atoms with Gasteiger partial charge in [-0.3, -0.25) is 0 Å². The van der Waals surface area contributed by atoms with Crippen molar-refractivity contribution in [3.05, 3.63) is 19.8 Å². The van der Waals surface area contributed by atoms with Crippen molar-refractivity contribution < 1.29 is 0 Å². The quantitative estimate of drug-likeness (QED) is 0.687. The van der Waals surface area contributed by atoms with Crippen molar-refractivity contribution in [3.63, 3.8) is 0 Å². The summed E-state index contributed by atoms with van der Waals surface area (Å²) in [5, 5.41) is 3.70. The summed E-state index contributed by atoms with van der Waals surface area (Å²) < 4.78 is 1.90. The van der Waals surface area contributed by atoms with Crippen LogP contribution in [0.1, 0.15) is 57.4 Å². The van der Waals surface area contributed by atoms with Gasteiger partial charge >= 0.3 is 0 Å². The predicted octanol–water partition coefficient (Wildman–Crippen LogP) is 6.03. The van der Waals surface area contributed by atoms with E-state index < -0.39 is 0 Å². The molecule has 19 heavy (non-hydrogen) atoms. The van der Waals surface area contributed by atoms with Crippen LogP contribution in [0.3, 0.4) is 0 Å². The summed E-state index contributed by atoms with van der Waals surface area (Å²) in [7, 11) is 0. The third kappa shape index (κ3) is 3.55. The van der Waals surface area contributed by atoms with Crippen LogP contribution in [0, 0.1) is 11.3 Å². The average molecular weight is 365 g/mol. The summed E-state index contributed by atoms with van der Waals surface area (Å²) in [6.45, 7) is 8.04. The Labute approximate surface area is 134 Å². The molecule has 1 heterocycles. The van der Waals surface area contributed by atoms with Crippen molar-refractivity contribution in [3.8, 4) is 0 Å². The Hall–Kier alpha value is 0.430. The van der Waals surface area contributed by atoms with E-state index in [0.29, 0.717) is 17.4 Å². The zero-order valence-corrected chi connectivity index (χ0v) is 15.1. The Kier molecular flexibility index (Phi) is 5.38. The maximum Gasteiger partial charge on any atom is 0.107 e. The summed E-state index contributed by atoms with van der Waals surface area (Å²) >= 11 is 11.5. The summed E-state index contributed by atoms with van der Waals surface area (Å²) in [5.41, 5.74) is 0.411. The van der Waals surface area contributed by atoms with Gasteiger partial charge in [0.1, 0.15) is 4.34 Å². The largest absolute Gasteiger partial charge is 0.309 e. The van der Waals surface area contributed by atoms with Crippen LogP contribution in [0.25, 0.3) is 0 Å². The van der Waals surface area contributed by atoms with Crippen LogP contribution < -0.4 is 5.32 Å². The summed E-state index contributed by atoms with van der Waals surface area (Å²) in [6, 6.07) is 2.64. The van der Waals surface area contributed by atoms with Gasteiger partial charge in [0, 0.05) is 15.4 Å². The van der Waals surface area contributed by atoms with Crippen LogP contribution in [-0.2, 0) is 0 Å². The molecule has 1 aromatic heterocycles. The lowest BCUT2D eigenvalue weighted by Crippen LogP contribution is -2.38. The molecule has 2 atom stereocenters. The molecule has 4 heteroatoms. The summed E-state index contributed by atoms with van der Waals surface area (Å²) in [5.74, 6) is 0.697. The molecular formula is C15H23BrClNS. The van der Waals surface area contributed by atoms with Crippen LogP contribution in [0.4, 0.5) is 0 Å². The molecule has 0 spiro atoms. The van der Waals surface area contributed by atoms with Crippen LogP contribution >= 0.6 is 38.9 Å². The molecule has 2 unspecified atom stereocenters. The van der Waals surface area contributed by atoms with E-state index in [1.165, 1.54) is 30.6 Å². The lowest BCUT2D eigenvalue weighted by molar-refractivity contribution is 0.100. The molecule has 2 rings (SSSR count). The molecule has 0 aromatic carbocycles. The van der Waals surface area contributed by atoms with Crippen LogP contribution in [-0.4, -0.2) is 6.54 Å². The normalized spacial score (nSPS) is 24.4. The number of hydrogen-bond acceptors (Lipinski definition) is 2. The molecule has 1 aliphatic rings. The molecule has 0 bridgehead atoms. The summed E-state index contributed by atoms with van der Waals surface area (Å²) in [6.07, 6.45) is 5.38. The van der Waals surface area contributed by atoms with E-state index in [0.717, 1.165) is 15.4 Å².